The molecule has 6 heteroatoms. The number of esters is 1. The minimum absolute atomic E-state index is 0.128. The number of para-hydroxylation sites is 2. The summed E-state index contributed by atoms with van der Waals surface area (Å²) in [5.41, 5.74) is 3.00. The Balaban J connectivity index is 1.72. The molecule has 1 aromatic carbocycles. The van der Waals surface area contributed by atoms with Crippen molar-refractivity contribution in [2.45, 2.75) is 13.5 Å². The van der Waals surface area contributed by atoms with E-state index in [0.717, 1.165) is 11.0 Å². The van der Waals surface area contributed by atoms with E-state index in [4.69, 9.17) is 4.74 Å². The monoisotopic (exact) mass is 273 g/mol. The van der Waals surface area contributed by atoms with Gasteiger partial charge in [0.1, 0.15) is 12.4 Å². The van der Waals surface area contributed by atoms with Crippen molar-refractivity contribution in [3.63, 3.8) is 0 Å². The molecule has 0 aliphatic carbocycles. The number of benzene rings is 1. The van der Waals surface area contributed by atoms with E-state index in [0.29, 0.717) is 17.1 Å². The highest BCUT2D eigenvalue weighted by molar-refractivity contribution is 7.03. The van der Waals surface area contributed by atoms with Crippen molar-refractivity contribution < 1.29 is 9.53 Å². The number of nitrogens with zero attached hydrogens (tertiary/aromatic N) is 2. The summed E-state index contributed by atoms with van der Waals surface area (Å²) >= 11 is 1.25. The number of carbonyl (C=O) groups is 1. The number of carbonyl (C=O) groups excluding carboxylic acids is 1. The quantitative estimate of drug-likeness (QED) is 0.745. The summed E-state index contributed by atoms with van der Waals surface area (Å²) in [7, 11) is 0. The van der Waals surface area contributed by atoms with Crippen LogP contribution in [-0.2, 0) is 11.3 Å². The molecular formula is C13H11N3O2S. The normalized spacial score (nSPS) is 10.8. The van der Waals surface area contributed by atoms with Crippen LogP contribution in [0.4, 0.5) is 0 Å². The summed E-state index contributed by atoms with van der Waals surface area (Å²) in [6, 6.07) is 7.68. The molecule has 0 aliphatic rings. The molecule has 0 spiro atoms. The second kappa shape index (κ2) is 4.81. The van der Waals surface area contributed by atoms with Crippen LogP contribution in [0.2, 0.25) is 0 Å². The van der Waals surface area contributed by atoms with Crippen LogP contribution in [0.5, 0.6) is 0 Å². The lowest BCUT2D eigenvalue weighted by molar-refractivity contribution is 0.0463. The van der Waals surface area contributed by atoms with Crippen molar-refractivity contribution in [1.29, 1.82) is 0 Å². The Bertz CT molecular complexity index is 699. The number of H-pyrrole nitrogens is 1. The molecule has 0 atom stereocenters. The van der Waals surface area contributed by atoms with E-state index < -0.39 is 0 Å². The lowest BCUT2D eigenvalue weighted by Gasteiger charge is -2.01. The Morgan fingerprint density at radius 2 is 2.26 bits per heavy atom. The highest BCUT2D eigenvalue weighted by Gasteiger charge is 2.13. The number of imidazole rings is 1. The highest BCUT2D eigenvalue weighted by atomic mass is 32.1. The van der Waals surface area contributed by atoms with Crippen LogP contribution in [0.15, 0.2) is 29.6 Å². The lowest BCUT2D eigenvalue weighted by Crippen LogP contribution is -2.06. The number of aromatic amines is 1. The maximum Gasteiger partial charge on any atom is 0.341 e. The number of aryl methyl sites for hydroxylation is 1. The van der Waals surface area contributed by atoms with Gasteiger partial charge < -0.3 is 9.72 Å². The second-order valence-electron chi connectivity index (χ2n) is 4.09. The summed E-state index contributed by atoms with van der Waals surface area (Å²) in [5, 5.41) is 1.69. The molecule has 0 unspecified atom stereocenters. The third-order valence-electron chi connectivity index (χ3n) is 2.75. The fourth-order valence-corrected chi connectivity index (χ4v) is 2.46. The van der Waals surface area contributed by atoms with Crippen molar-refractivity contribution in [3.05, 3.63) is 46.7 Å². The Morgan fingerprint density at radius 3 is 3.00 bits per heavy atom. The SMILES string of the molecule is Cc1nscc1C(=O)OCc1nc2ccccc2[nH]1. The molecule has 96 valence electrons. The van der Waals surface area contributed by atoms with E-state index in [1.54, 1.807) is 12.3 Å². The van der Waals surface area contributed by atoms with E-state index in [9.17, 15) is 4.79 Å². The molecule has 0 amide bonds. The van der Waals surface area contributed by atoms with Gasteiger partial charge in [-0.1, -0.05) is 12.1 Å². The van der Waals surface area contributed by atoms with Gasteiger partial charge >= 0.3 is 5.97 Å². The molecule has 3 rings (SSSR count). The first-order chi connectivity index (χ1) is 9.24. The summed E-state index contributed by atoms with van der Waals surface area (Å²) in [5.74, 6) is 0.266. The van der Waals surface area contributed by atoms with Crippen LogP contribution < -0.4 is 0 Å². The molecule has 0 aliphatic heterocycles. The fourth-order valence-electron chi connectivity index (χ4n) is 1.77. The molecule has 5 nitrogen and oxygen atoms in total. The minimum atomic E-state index is -0.369. The standard InChI is InChI=1S/C13H11N3O2S/c1-8-9(7-19-16-8)13(17)18-6-12-14-10-4-2-3-5-11(10)15-12/h2-5,7H,6H2,1H3,(H,14,15). The van der Waals surface area contributed by atoms with Crippen LogP contribution in [0.1, 0.15) is 21.9 Å². The van der Waals surface area contributed by atoms with Crippen LogP contribution in [0.3, 0.4) is 0 Å². The topological polar surface area (TPSA) is 67.9 Å². The first kappa shape index (κ1) is 11.9. The maximum atomic E-state index is 11.8. The van der Waals surface area contributed by atoms with Gasteiger partial charge in [0.2, 0.25) is 0 Å². The van der Waals surface area contributed by atoms with Gasteiger partial charge in [-0.05, 0) is 30.6 Å². The van der Waals surface area contributed by atoms with Gasteiger partial charge in [0.15, 0.2) is 0 Å². The van der Waals surface area contributed by atoms with Crippen LogP contribution in [0, 0.1) is 6.92 Å². The van der Waals surface area contributed by atoms with E-state index in [2.05, 4.69) is 14.3 Å². The highest BCUT2D eigenvalue weighted by Crippen LogP contribution is 2.13. The number of aromatic nitrogens is 3. The number of nitrogens with one attached hydrogen (secondary N) is 1. The average Bonchev–Trinajstić information content (AvgIpc) is 3.01. The third kappa shape index (κ3) is 2.34. The van der Waals surface area contributed by atoms with Gasteiger partial charge in [-0.2, -0.15) is 4.37 Å². The Kier molecular flexibility index (Phi) is 3.00. The molecular weight excluding hydrogens is 262 g/mol. The minimum Gasteiger partial charge on any atom is -0.454 e. The average molecular weight is 273 g/mol. The van der Waals surface area contributed by atoms with Crippen LogP contribution >= 0.6 is 11.5 Å². The molecule has 0 saturated heterocycles. The summed E-state index contributed by atoms with van der Waals surface area (Å²) < 4.78 is 9.26. The van der Waals surface area contributed by atoms with Gasteiger partial charge in [-0.3, -0.25) is 0 Å². The fraction of sp³-hybridized carbons (Fsp3) is 0.154. The van der Waals surface area contributed by atoms with Gasteiger partial charge in [0.05, 0.1) is 22.3 Å². The predicted molar refractivity (Wildman–Crippen MR) is 72.1 cm³/mol. The van der Waals surface area contributed by atoms with Gasteiger partial charge in [-0.25, -0.2) is 9.78 Å². The molecule has 0 radical (unpaired) electrons. The van der Waals surface area contributed by atoms with E-state index >= 15 is 0 Å². The molecule has 19 heavy (non-hydrogen) atoms. The molecule has 3 aromatic rings. The van der Waals surface area contributed by atoms with Crippen molar-refractivity contribution in [1.82, 2.24) is 14.3 Å². The lowest BCUT2D eigenvalue weighted by atomic mass is 10.3. The van der Waals surface area contributed by atoms with Gasteiger partial charge in [0.25, 0.3) is 0 Å². The Labute approximate surface area is 113 Å². The largest absolute Gasteiger partial charge is 0.454 e. The van der Waals surface area contributed by atoms with Crippen molar-refractivity contribution in [2.75, 3.05) is 0 Å². The van der Waals surface area contributed by atoms with E-state index in [1.165, 1.54) is 11.5 Å². The Hall–Kier alpha value is -2.21. The summed E-state index contributed by atoms with van der Waals surface area (Å²) in [6.45, 7) is 1.91. The Morgan fingerprint density at radius 1 is 1.42 bits per heavy atom. The first-order valence-electron chi connectivity index (χ1n) is 5.76. The zero-order valence-corrected chi connectivity index (χ0v) is 11.0. The van der Waals surface area contributed by atoms with Crippen LogP contribution in [-0.4, -0.2) is 20.3 Å². The zero-order chi connectivity index (χ0) is 13.2. The van der Waals surface area contributed by atoms with E-state index in [-0.39, 0.29) is 12.6 Å². The summed E-state index contributed by atoms with van der Waals surface area (Å²) in [6.07, 6.45) is 0. The molecule has 0 bridgehead atoms. The third-order valence-corrected chi connectivity index (χ3v) is 3.47. The summed E-state index contributed by atoms with van der Waals surface area (Å²) in [4.78, 5) is 19.3. The van der Waals surface area contributed by atoms with Crippen LogP contribution in [0.25, 0.3) is 11.0 Å². The predicted octanol–water partition coefficient (Wildman–Crippen LogP) is 2.68. The van der Waals surface area contributed by atoms with E-state index in [1.807, 2.05) is 24.3 Å². The first-order valence-corrected chi connectivity index (χ1v) is 6.59. The van der Waals surface area contributed by atoms with Crippen molar-refractivity contribution in [3.8, 4) is 0 Å². The molecule has 2 heterocycles. The maximum absolute atomic E-state index is 11.8. The van der Waals surface area contributed by atoms with Gasteiger partial charge in [0, 0.05) is 5.38 Å². The number of fused-ring (bicyclic) bond motifs is 1. The second-order valence-corrected chi connectivity index (χ2v) is 4.72. The molecule has 1 N–H and O–H groups in total. The number of hydrogen-bond donors (Lipinski definition) is 1. The number of ether oxygens (including phenoxy) is 1. The van der Waals surface area contributed by atoms with Crippen molar-refractivity contribution in [2.24, 2.45) is 0 Å². The zero-order valence-electron chi connectivity index (χ0n) is 10.2. The molecule has 0 fully saturated rings. The number of rotatable bonds is 3. The van der Waals surface area contributed by atoms with Gasteiger partial charge in [-0.15, -0.1) is 0 Å². The van der Waals surface area contributed by atoms with Crippen molar-refractivity contribution >= 4 is 28.5 Å². The molecule has 0 saturated carbocycles. The number of hydrogen-bond acceptors (Lipinski definition) is 5. The molecule has 2 aromatic heterocycles. The smallest absolute Gasteiger partial charge is 0.341 e.